The number of aromatic nitrogens is 3. The lowest BCUT2D eigenvalue weighted by Gasteiger charge is -2.17. The summed E-state index contributed by atoms with van der Waals surface area (Å²) in [5.41, 5.74) is 4.53. The van der Waals surface area contributed by atoms with Gasteiger partial charge in [-0.1, -0.05) is 17.7 Å². The summed E-state index contributed by atoms with van der Waals surface area (Å²) in [7, 11) is 0. The zero-order valence-corrected chi connectivity index (χ0v) is 13.6. The third kappa shape index (κ3) is 3.10. The zero-order chi connectivity index (χ0) is 18.4. The molecular weight excluding hydrogens is 357 g/mol. The van der Waals surface area contributed by atoms with Crippen molar-refractivity contribution in [3.05, 3.63) is 63.4 Å². The number of nitrogens with zero attached hydrogens (tertiary/aromatic N) is 3. The molecule has 0 fully saturated rings. The number of benzene rings is 1. The fourth-order valence-electron chi connectivity index (χ4n) is 2.47. The van der Waals surface area contributed by atoms with Crippen LogP contribution in [0.2, 0.25) is 5.02 Å². The van der Waals surface area contributed by atoms with Gasteiger partial charge in [-0.25, -0.2) is 4.98 Å². The van der Waals surface area contributed by atoms with Gasteiger partial charge in [-0.3, -0.25) is 14.3 Å². The van der Waals surface area contributed by atoms with Crippen LogP contribution in [0.4, 0.5) is 13.2 Å². The standard InChI is InChI=1S/C16H12ClF3N4O/c1-8(21)14-23-12-4-2-3-11(17)13(12)15(25)24(14)10-5-9(6-22-7-10)16(18,19)20/h2-8H,21H2,1H3/t8-/m0/s1. The van der Waals surface area contributed by atoms with Gasteiger partial charge in [0.05, 0.1) is 39.4 Å². The van der Waals surface area contributed by atoms with Crippen molar-refractivity contribution in [2.75, 3.05) is 0 Å². The van der Waals surface area contributed by atoms with Crippen LogP contribution in [-0.2, 0) is 6.18 Å². The minimum atomic E-state index is -4.59. The maximum atomic E-state index is 13.0. The van der Waals surface area contributed by atoms with Gasteiger partial charge in [0.15, 0.2) is 0 Å². The van der Waals surface area contributed by atoms with Crippen molar-refractivity contribution in [3.8, 4) is 5.69 Å². The third-order valence-electron chi connectivity index (χ3n) is 3.59. The first-order chi connectivity index (χ1) is 11.7. The Labute approximate surface area is 144 Å². The first kappa shape index (κ1) is 17.4. The Morgan fingerprint density at radius 2 is 2.00 bits per heavy atom. The maximum absolute atomic E-state index is 13.0. The first-order valence-corrected chi connectivity index (χ1v) is 7.57. The number of nitrogens with two attached hydrogens (primary N) is 1. The molecule has 9 heteroatoms. The summed E-state index contributed by atoms with van der Waals surface area (Å²) in [6.45, 7) is 1.58. The average Bonchev–Trinajstić information content (AvgIpc) is 2.53. The monoisotopic (exact) mass is 368 g/mol. The van der Waals surface area contributed by atoms with Gasteiger partial charge in [0.2, 0.25) is 0 Å². The lowest BCUT2D eigenvalue weighted by Crippen LogP contribution is -2.28. The van der Waals surface area contributed by atoms with E-state index in [1.54, 1.807) is 19.1 Å². The minimum Gasteiger partial charge on any atom is -0.322 e. The highest BCUT2D eigenvalue weighted by Crippen LogP contribution is 2.30. The fraction of sp³-hybridized carbons (Fsp3) is 0.188. The van der Waals surface area contributed by atoms with Gasteiger partial charge in [0.25, 0.3) is 5.56 Å². The predicted octanol–water partition coefficient (Wildman–Crippen LogP) is 3.47. The Morgan fingerprint density at radius 1 is 1.28 bits per heavy atom. The molecule has 0 aliphatic rings. The van der Waals surface area contributed by atoms with Crippen molar-refractivity contribution in [1.29, 1.82) is 0 Å². The molecule has 25 heavy (non-hydrogen) atoms. The van der Waals surface area contributed by atoms with E-state index < -0.39 is 23.3 Å². The number of hydrogen-bond acceptors (Lipinski definition) is 4. The number of alkyl halides is 3. The summed E-state index contributed by atoms with van der Waals surface area (Å²) in [5.74, 6) is 0.112. The molecule has 2 aromatic heterocycles. The van der Waals surface area contributed by atoms with Crippen molar-refractivity contribution in [2.24, 2.45) is 5.73 Å². The minimum absolute atomic E-state index is 0.0820. The molecule has 0 unspecified atom stereocenters. The van der Waals surface area contributed by atoms with Gasteiger partial charge >= 0.3 is 6.18 Å². The second kappa shape index (κ2) is 6.12. The topological polar surface area (TPSA) is 73.8 Å². The average molecular weight is 369 g/mol. The molecule has 1 aromatic carbocycles. The van der Waals surface area contributed by atoms with Gasteiger partial charge in [-0.2, -0.15) is 13.2 Å². The molecule has 130 valence electrons. The lowest BCUT2D eigenvalue weighted by atomic mass is 10.2. The van der Waals surface area contributed by atoms with Crippen LogP contribution < -0.4 is 11.3 Å². The van der Waals surface area contributed by atoms with Gasteiger partial charge < -0.3 is 5.73 Å². The highest BCUT2D eigenvalue weighted by atomic mass is 35.5. The first-order valence-electron chi connectivity index (χ1n) is 7.19. The van der Waals surface area contributed by atoms with Crippen LogP contribution in [0.25, 0.3) is 16.6 Å². The van der Waals surface area contributed by atoms with Crippen molar-refractivity contribution in [3.63, 3.8) is 0 Å². The predicted molar refractivity (Wildman–Crippen MR) is 87.7 cm³/mol. The van der Waals surface area contributed by atoms with Crippen LogP contribution in [0, 0.1) is 0 Å². The summed E-state index contributed by atoms with van der Waals surface area (Å²) in [6.07, 6.45) is -2.77. The molecule has 0 amide bonds. The smallest absolute Gasteiger partial charge is 0.322 e. The Kier molecular flexibility index (Phi) is 4.26. The van der Waals surface area contributed by atoms with Crippen molar-refractivity contribution in [2.45, 2.75) is 19.1 Å². The molecule has 0 saturated heterocycles. The van der Waals surface area contributed by atoms with E-state index in [1.807, 2.05) is 0 Å². The molecule has 3 aromatic rings. The highest BCUT2D eigenvalue weighted by molar-refractivity contribution is 6.35. The van der Waals surface area contributed by atoms with Gasteiger partial charge in [-0.15, -0.1) is 0 Å². The normalized spacial score (nSPS) is 13.2. The molecule has 2 N–H and O–H groups in total. The molecule has 3 rings (SSSR count). The van der Waals surface area contributed by atoms with Crippen molar-refractivity contribution in [1.82, 2.24) is 14.5 Å². The molecule has 2 heterocycles. The van der Waals surface area contributed by atoms with E-state index in [0.717, 1.165) is 16.8 Å². The molecule has 0 saturated carbocycles. The van der Waals surface area contributed by atoms with Crippen molar-refractivity contribution < 1.29 is 13.2 Å². The van der Waals surface area contributed by atoms with Crippen LogP contribution in [0.3, 0.4) is 0 Å². The van der Waals surface area contributed by atoms with E-state index in [9.17, 15) is 18.0 Å². The van der Waals surface area contributed by atoms with Crippen LogP contribution in [-0.4, -0.2) is 14.5 Å². The number of hydrogen-bond donors (Lipinski definition) is 1. The highest BCUT2D eigenvalue weighted by Gasteiger charge is 2.31. The van der Waals surface area contributed by atoms with Gasteiger partial charge in [0.1, 0.15) is 5.82 Å². The van der Waals surface area contributed by atoms with E-state index in [1.165, 1.54) is 6.07 Å². The molecule has 0 spiro atoms. The molecule has 0 aliphatic carbocycles. The Morgan fingerprint density at radius 3 is 2.64 bits per heavy atom. The largest absolute Gasteiger partial charge is 0.417 e. The second-order valence-corrected chi connectivity index (χ2v) is 5.87. The molecule has 5 nitrogen and oxygen atoms in total. The second-order valence-electron chi connectivity index (χ2n) is 5.46. The summed E-state index contributed by atoms with van der Waals surface area (Å²) in [4.78, 5) is 20.8. The van der Waals surface area contributed by atoms with Crippen LogP contribution in [0.1, 0.15) is 24.4 Å². The maximum Gasteiger partial charge on any atom is 0.417 e. The van der Waals surface area contributed by atoms with E-state index >= 15 is 0 Å². The Hall–Kier alpha value is -2.45. The summed E-state index contributed by atoms with van der Waals surface area (Å²) < 4.78 is 39.9. The molecule has 0 radical (unpaired) electrons. The fourth-order valence-corrected chi connectivity index (χ4v) is 2.72. The van der Waals surface area contributed by atoms with Crippen LogP contribution in [0.15, 0.2) is 41.5 Å². The SMILES string of the molecule is C[C@H](N)c1nc2cccc(Cl)c2c(=O)n1-c1cncc(C(F)(F)F)c1. The molecule has 0 aliphatic heterocycles. The number of fused-ring (bicyclic) bond motifs is 1. The van der Waals surface area contributed by atoms with Gasteiger partial charge in [-0.05, 0) is 25.1 Å². The Bertz CT molecular complexity index is 1010. The molecular formula is C16H12ClF3N4O. The van der Waals surface area contributed by atoms with Gasteiger partial charge in [0, 0.05) is 6.20 Å². The van der Waals surface area contributed by atoms with E-state index in [-0.39, 0.29) is 21.9 Å². The lowest BCUT2D eigenvalue weighted by molar-refractivity contribution is -0.137. The zero-order valence-electron chi connectivity index (χ0n) is 12.9. The van der Waals surface area contributed by atoms with E-state index in [0.29, 0.717) is 11.7 Å². The van der Waals surface area contributed by atoms with E-state index in [2.05, 4.69) is 9.97 Å². The summed E-state index contributed by atoms with van der Waals surface area (Å²) in [6, 6.07) is 4.84. The summed E-state index contributed by atoms with van der Waals surface area (Å²) in [5, 5.41) is 0.255. The van der Waals surface area contributed by atoms with Crippen LogP contribution in [0.5, 0.6) is 0 Å². The number of halogens is 4. The van der Waals surface area contributed by atoms with Crippen LogP contribution >= 0.6 is 11.6 Å². The third-order valence-corrected chi connectivity index (χ3v) is 3.90. The Balaban J connectivity index is 2.39. The molecule has 0 bridgehead atoms. The van der Waals surface area contributed by atoms with E-state index in [4.69, 9.17) is 17.3 Å². The quantitative estimate of drug-likeness (QED) is 0.751. The summed E-state index contributed by atoms with van der Waals surface area (Å²) >= 11 is 6.08. The number of pyridine rings is 1. The van der Waals surface area contributed by atoms with Crippen molar-refractivity contribution >= 4 is 22.5 Å². The number of rotatable bonds is 2. The molecule has 1 atom stereocenters.